The van der Waals surface area contributed by atoms with Crippen LogP contribution in [-0.4, -0.2) is 6.10 Å². The van der Waals surface area contributed by atoms with Crippen LogP contribution in [-0.2, 0) is 6.42 Å². The monoisotopic (exact) mass is 238 g/mol. The summed E-state index contributed by atoms with van der Waals surface area (Å²) < 4.78 is 5.85. The van der Waals surface area contributed by atoms with Crippen LogP contribution in [0.4, 0.5) is 0 Å². The molecule has 1 aliphatic heterocycles. The molecule has 0 N–H and O–H groups in total. The third kappa shape index (κ3) is 1.71. The Morgan fingerprint density at radius 2 is 1.67 bits per heavy atom. The van der Waals surface area contributed by atoms with E-state index in [9.17, 15) is 0 Å². The Bertz CT molecular complexity index is 578. The quantitative estimate of drug-likeness (QED) is 0.720. The molecule has 2 aromatic carbocycles. The summed E-state index contributed by atoms with van der Waals surface area (Å²) in [5.41, 5.74) is 6.74. The van der Waals surface area contributed by atoms with Crippen LogP contribution in [0, 0.1) is 13.8 Å². The molecule has 1 heterocycles. The van der Waals surface area contributed by atoms with Crippen molar-refractivity contribution in [3.8, 4) is 16.9 Å². The summed E-state index contributed by atoms with van der Waals surface area (Å²) in [7, 11) is 0. The minimum Gasteiger partial charge on any atom is -0.490 e. The molecule has 1 nitrogen and oxygen atoms in total. The highest BCUT2D eigenvalue weighted by atomic mass is 16.5. The first kappa shape index (κ1) is 11.3. The normalized spacial score (nSPS) is 17.4. The minimum atomic E-state index is 0.297. The lowest BCUT2D eigenvalue weighted by atomic mass is 9.91. The maximum absolute atomic E-state index is 5.85. The molecule has 0 saturated heterocycles. The number of hydrogen-bond donors (Lipinski definition) is 0. The molecular weight excluding hydrogens is 220 g/mol. The Balaban J connectivity index is 2.23. The van der Waals surface area contributed by atoms with Gasteiger partial charge in [0.2, 0.25) is 0 Å². The van der Waals surface area contributed by atoms with Gasteiger partial charge < -0.3 is 4.74 Å². The molecule has 2 aromatic rings. The van der Waals surface area contributed by atoms with Crippen molar-refractivity contribution in [2.75, 3.05) is 0 Å². The molecule has 1 atom stereocenters. The second-order valence-corrected chi connectivity index (χ2v) is 5.18. The number of aryl methyl sites for hydroxylation is 2. The van der Waals surface area contributed by atoms with Crippen molar-refractivity contribution >= 4 is 0 Å². The first-order valence-electron chi connectivity index (χ1n) is 6.52. The summed E-state index contributed by atoms with van der Waals surface area (Å²) in [6, 6.07) is 12.9. The molecule has 3 rings (SSSR count). The summed E-state index contributed by atoms with van der Waals surface area (Å²) in [6.45, 7) is 6.50. The van der Waals surface area contributed by atoms with E-state index in [4.69, 9.17) is 4.74 Å². The van der Waals surface area contributed by atoms with Crippen LogP contribution in [0.25, 0.3) is 11.1 Å². The van der Waals surface area contributed by atoms with Crippen LogP contribution < -0.4 is 4.74 Å². The van der Waals surface area contributed by atoms with Gasteiger partial charge in [0.25, 0.3) is 0 Å². The Kier molecular flexibility index (Phi) is 2.62. The van der Waals surface area contributed by atoms with Crippen LogP contribution in [0.1, 0.15) is 23.6 Å². The van der Waals surface area contributed by atoms with E-state index >= 15 is 0 Å². The number of fused-ring (bicyclic) bond motifs is 1. The lowest BCUT2D eigenvalue weighted by molar-refractivity contribution is 0.254. The second-order valence-electron chi connectivity index (χ2n) is 5.18. The SMILES string of the molecule is Cc1cccc(C)c1-c1cccc2c1CC(C)O2. The van der Waals surface area contributed by atoms with Gasteiger partial charge in [-0.1, -0.05) is 30.3 Å². The van der Waals surface area contributed by atoms with Crippen LogP contribution in [0.3, 0.4) is 0 Å². The van der Waals surface area contributed by atoms with E-state index in [1.165, 1.54) is 27.8 Å². The van der Waals surface area contributed by atoms with Crippen LogP contribution in [0.2, 0.25) is 0 Å². The van der Waals surface area contributed by atoms with Gasteiger partial charge in [-0.05, 0) is 49.1 Å². The second kappa shape index (κ2) is 4.16. The van der Waals surface area contributed by atoms with E-state index in [-0.39, 0.29) is 0 Å². The van der Waals surface area contributed by atoms with Crippen molar-refractivity contribution in [2.24, 2.45) is 0 Å². The third-order valence-corrected chi connectivity index (χ3v) is 3.70. The maximum Gasteiger partial charge on any atom is 0.123 e. The van der Waals surface area contributed by atoms with E-state index in [1.54, 1.807) is 0 Å². The predicted octanol–water partition coefficient (Wildman–Crippen LogP) is 4.29. The molecule has 18 heavy (non-hydrogen) atoms. The zero-order chi connectivity index (χ0) is 12.7. The highest BCUT2D eigenvalue weighted by Crippen LogP contribution is 2.39. The summed E-state index contributed by atoms with van der Waals surface area (Å²) in [6.07, 6.45) is 1.31. The topological polar surface area (TPSA) is 9.23 Å². The van der Waals surface area contributed by atoms with Gasteiger partial charge in [-0.2, -0.15) is 0 Å². The fourth-order valence-electron chi connectivity index (χ4n) is 2.91. The Hall–Kier alpha value is -1.76. The van der Waals surface area contributed by atoms with Crippen LogP contribution >= 0.6 is 0 Å². The average molecular weight is 238 g/mol. The zero-order valence-corrected chi connectivity index (χ0v) is 11.2. The highest BCUT2D eigenvalue weighted by molar-refractivity contribution is 5.76. The molecule has 0 spiro atoms. The minimum absolute atomic E-state index is 0.297. The van der Waals surface area contributed by atoms with Crippen molar-refractivity contribution in [1.82, 2.24) is 0 Å². The third-order valence-electron chi connectivity index (χ3n) is 3.70. The van der Waals surface area contributed by atoms with E-state index < -0.39 is 0 Å². The Morgan fingerprint density at radius 3 is 2.39 bits per heavy atom. The van der Waals surface area contributed by atoms with Crippen LogP contribution in [0.15, 0.2) is 36.4 Å². The molecule has 0 saturated carbocycles. The van der Waals surface area contributed by atoms with E-state index in [0.29, 0.717) is 6.10 Å². The Morgan fingerprint density at radius 1 is 1.00 bits per heavy atom. The Labute approximate surface area is 108 Å². The molecule has 1 aliphatic rings. The number of ether oxygens (including phenoxy) is 1. The van der Waals surface area contributed by atoms with Gasteiger partial charge in [0.15, 0.2) is 0 Å². The summed E-state index contributed by atoms with van der Waals surface area (Å²) >= 11 is 0. The smallest absolute Gasteiger partial charge is 0.123 e. The lowest BCUT2D eigenvalue weighted by Crippen LogP contribution is -2.05. The zero-order valence-electron chi connectivity index (χ0n) is 11.2. The average Bonchev–Trinajstić information content (AvgIpc) is 2.70. The number of rotatable bonds is 1. The molecule has 0 fully saturated rings. The molecule has 0 amide bonds. The summed E-state index contributed by atoms with van der Waals surface area (Å²) in [4.78, 5) is 0. The molecule has 0 aliphatic carbocycles. The van der Waals surface area contributed by atoms with Gasteiger partial charge in [0.1, 0.15) is 11.9 Å². The fourth-order valence-corrected chi connectivity index (χ4v) is 2.91. The summed E-state index contributed by atoms with van der Waals surface area (Å²) in [5, 5.41) is 0. The van der Waals surface area contributed by atoms with Crippen molar-refractivity contribution in [3.05, 3.63) is 53.1 Å². The van der Waals surface area contributed by atoms with Gasteiger partial charge in [-0.25, -0.2) is 0 Å². The van der Waals surface area contributed by atoms with Crippen LogP contribution in [0.5, 0.6) is 5.75 Å². The number of benzene rings is 2. The summed E-state index contributed by atoms with van der Waals surface area (Å²) in [5.74, 6) is 1.06. The largest absolute Gasteiger partial charge is 0.490 e. The maximum atomic E-state index is 5.85. The molecular formula is C17H18O. The first-order chi connectivity index (χ1) is 8.66. The van der Waals surface area contributed by atoms with Gasteiger partial charge in [0, 0.05) is 12.0 Å². The first-order valence-corrected chi connectivity index (χ1v) is 6.52. The molecule has 0 radical (unpaired) electrons. The fraction of sp³-hybridized carbons (Fsp3) is 0.294. The van der Waals surface area contributed by atoms with Crippen molar-refractivity contribution in [1.29, 1.82) is 0 Å². The predicted molar refractivity (Wildman–Crippen MR) is 75.1 cm³/mol. The van der Waals surface area contributed by atoms with E-state index in [0.717, 1.165) is 12.2 Å². The van der Waals surface area contributed by atoms with Gasteiger partial charge in [-0.15, -0.1) is 0 Å². The van der Waals surface area contributed by atoms with Crippen molar-refractivity contribution < 1.29 is 4.74 Å². The molecule has 92 valence electrons. The number of hydrogen-bond acceptors (Lipinski definition) is 1. The molecule has 1 unspecified atom stereocenters. The van der Waals surface area contributed by atoms with Gasteiger partial charge in [-0.3, -0.25) is 0 Å². The molecule has 0 bridgehead atoms. The van der Waals surface area contributed by atoms with Crippen molar-refractivity contribution in [2.45, 2.75) is 33.3 Å². The molecule has 0 aromatic heterocycles. The van der Waals surface area contributed by atoms with E-state index in [2.05, 4.69) is 57.2 Å². The van der Waals surface area contributed by atoms with Crippen molar-refractivity contribution in [3.63, 3.8) is 0 Å². The van der Waals surface area contributed by atoms with Gasteiger partial charge in [0.05, 0.1) is 0 Å². The lowest BCUT2D eigenvalue weighted by Gasteiger charge is -2.13. The van der Waals surface area contributed by atoms with E-state index in [1.807, 2.05) is 0 Å². The highest BCUT2D eigenvalue weighted by Gasteiger charge is 2.23. The van der Waals surface area contributed by atoms with Gasteiger partial charge >= 0.3 is 0 Å². The molecule has 1 heteroatoms. The standard InChI is InChI=1S/C17H18O/c1-11-6-4-7-12(2)17(11)14-8-5-9-16-15(14)10-13(3)18-16/h4-9,13H,10H2,1-3H3.